The van der Waals surface area contributed by atoms with E-state index in [4.69, 9.17) is 0 Å². The molecule has 1 aromatic rings. The number of rotatable bonds is 2. The maximum absolute atomic E-state index is 11.8. The average Bonchev–Trinajstić information content (AvgIpc) is 2.76. The van der Waals surface area contributed by atoms with Crippen molar-refractivity contribution in [3.63, 3.8) is 0 Å². The first-order chi connectivity index (χ1) is 7.09. The highest BCUT2D eigenvalue weighted by atomic mass is 16.1. The molecule has 0 aliphatic heterocycles. The van der Waals surface area contributed by atoms with Gasteiger partial charge in [0.15, 0.2) is 0 Å². The maximum Gasteiger partial charge on any atom is 0.254 e. The summed E-state index contributed by atoms with van der Waals surface area (Å²) in [7, 11) is 0. The smallest absolute Gasteiger partial charge is 0.254 e. The lowest BCUT2D eigenvalue weighted by atomic mass is 9.87. The summed E-state index contributed by atoms with van der Waals surface area (Å²) in [6.45, 7) is 4.42. The van der Waals surface area contributed by atoms with E-state index >= 15 is 0 Å². The minimum absolute atomic E-state index is 0.0243. The summed E-state index contributed by atoms with van der Waals surface area (Å²) in [4.78, 5) is 11.8. The molecule has 0 bridgehead atoms. The molecule has 0 saturated heterocycles. The highest BCUT2D eigenvalue weighted by Crippen LogP contribution is 2.37. The number of H-pyrrole nitrogens is 1. The number of hydrogen-bond acceptors (Lipinski definition) is 2. The fourth-order valence-corrected chi connectivity index (χ4v) is 2.21. The molecular formula is C11H17N3O. The van der Waals surface area contributed by atoms with Gasteiger partial charge in [-0.15, -0.1) is 0 Å². The van der Waals surface area contributed by atoms with Crippen molar-refractivity contribution in [1.82, 2.24) is 15.5 Å². The third-order valence-electron chi connectivity index (χ3n) is 3.32. The molecule has 1 amide bonds. The summed E-state index contributed by atoms with van der Waals surface area (Å²) in [6.07, 6.45) is 6.64. The van der Waals surface area contributed by atoms with Crippen LogP contribution in [0.3, 0.4) is 0 Å². The van der Waals surface area contributed by atoms with Crippen LogP contribution in [-0.2, 0) is 0 Å². The number of nitrogens with one attached hydrogen (secondary N) is 2. The summed E-state index contributed by atoms with van der Waals surface area (Å²) in [5, 5.41) is 9.49. The lowest BCUT2D eigenvalue weighted by molar-refractivity contribution is 0.0910. The van der Waals surface area contributed by atoms with Crippen LogP contribution in [0.25, 0.3) is 0 Å². The zero-order valence-corrected chi connectivity index (χ0v) is 9.21. The van der Waals surface area contributed by atoms with Gasteiger partial charge in [0.25, 0.3) is 5.91 Å². The molecular weight excluding hydrogens is 190 g/mol. The third-order valence-corrected chi connectivity index (χ3v) is 3.32. The molecule has 1 aliphatic rings. The van der Waals surface area contributed by atoms with Crippen LogP contribution in [0.1, 0.15) is 43.5 Å². The van der Waals surface area contributed by atoms with E-state index in [2.05, 4.69) is 29.4 Å². The first kappa shape index (κ1) is 10.2. The Morgan fingerprint density at radius 2 is 2.47 bits per heavy atom. The van der Waals surface area contributed by atoms with Gasteiger partial charge in [0, 0.05) is 12.2 Å². The molecule has 0 radical (unpaired) electrons. The van der Waals surface area contributed by atoms with Gasteiger partial charge < -0.3 is 5.32 Å². The van der Waals surface area contributed by atoms with Gasteiger partial charge in [0.05, 0.1) is 11.8 Å². The highest BCUT2D eigenvalue weighted by molar-refractivity contribution is 5.93. The molecule has 4 nitrogen and oxygen atoms in total. The van der Waals surface area contributed by atoms with Crippen molar-refractivity contribution in [2.45, 2.75) is 39.2 Å². The minimum Gasteiger partial charge on any atom is -0.349 e. The van der Waals surface area contributed by atoms with Crippen LogP contribution in [0.2, 0.25) is 0 Å². The number of nitrogens with zero attached hydrogens (tertiary/aromatic N) is 1. The third kappa shape index (κ3) is 2.03. The van der Waals surface area contributed by atoms with E-state index in [0.29, 0.717) is 11.6 Å². The number of amides is 1. The van der Waals surface area contributed by atoms with E-state index in [0.717, 1.165) is 6.42 Å². The summed E-state index contributed by atoms with van der Waals surface area (Å²) >= 11 is 0. The van der Waals surface area contributed by atoms with Crippen LogP contribution in [0.4, 0.5) is 0 Å². The fourth-order valence-electron chi connectivity index (χ4n) is 2.21. The lowest BCUT2D eigenvalue weighted by Gasteiger charge is -2.27. The van der Waals surface area contributed by atoms with Crippen molar-refractivity contribution in [3.8, 4) is 0 Å². The Labute approximate surface area is 89.5 Å². The molecule has 1 heterocycles. The molecule has 1 aromatic heterocycles. The van der Waals surface area contributed by atoms with Gasteiger partial charge in [-0.05, 0) is 18.3 Å². The number of carbonyl (C=O) groups excluding carboxylic acids is 1. The molecule has 2 N–H and O–H groups in total. The van der Waals surface area contributed by atoms with Crippen molar-refractivity contribution in [1.29, 1.82) is 0 Å². The molecule has 1 aliphatic carbocycles. The number of aromatic nitrogens is 2. The maximum atomic E-state index is 11.8. The molecule has 4 heteroatoms. The molecule has 0 spiro atoms. The van der Waals surface area contributed by atoms with Gasteiger partial charge in [-0.3, -0.25) is 9.89 Å². The molecule has 1 unspecified atom stereocenters. The summed E-state index contributed by atoms with van der Waals surface area (Å²) in [6, 6.07) is 0.292. The van der Waals surface area contributed by atoms with Gasteiger partial charge in [0.2, 0.25) is 0 Å². The first-order valence-electron chi connectivity index (χ1n) is 5.39. The highest BCUT2D eigenvalue weighted by Gasteiger charge is 2.35. The van der Waals surface area contributed by atoms with Crippen molar-refractivity contribution in [3.05, 3.63) is 18.0 Å². The number of carbonyl (C=O) groups is 1. The van der Waals surface area contributed by atoms with Crippen LogP contribution >= 0.6 is 0 Å². The van der Waals surface area contributed by atoms with Crippen LogP contribution in [-0.4, -0.2) is 22.1 Å². The predicted molar refractivity (Wildman–Crippen MR) is 57.5 cm³/mol. The second kappa shape index (κ2) is 3.68. The lowest BCUT2D eigenvalue weighted by Crippen LogP contribution is -2.41. The Balaban J connectivity index is 2.01. The molecule has 15 heavy (non-hydrogen) atoms. The van der Waals surface area contributed by atoms with Crippen molar-refractivity contribution in [2.75, 3.05) is 0 Å². The Morgan fingerprint density at radius 3 is 3.00 bits per heavy atom. The predicted octanol–water partition coefficient (Wildman–Crippen LogP) is 1.72. The zero-order chi connectivity index (χ0) is 10.9. The van der Waals surface area contributed by atoms with Crippen molar-refractivity contribution < 1.29 is 4.79 Å². The quantitative estimate of drug-likeness (QED) is 0.775. The van der Waals surface area contributed by atoms with Gasteiger partial charge in [-0.25, -0.2) is 0 Å². The van der Waals surface area contributed by atoms with Crippen LogP contribution < -0.4 is 5.32 Å². The van der Waals surface area contributed by atoms with Crippen LogP contribution in [0.5, 0.6) is 0 Å². The second-order valence-electron chi connectivity index (χ2n) is 4.89. The van der Waals surface area contributed by atoms with E-state index in [9.17, 15) is 4.79 Å². The van der Waals surface area contributed by atoms with E-state index in [1.54, 1.807) is 12.4 Å². The van der Waals surface area contributed by atoms with Gasteiger partial charge in [-0.1, -0.05) is 20.3 Å². The molecule has 0 aromatic carbocycles. The molecule has 2 rings (SSSR count). The number of hydrogen-bond donors (Lipinski definition) is 2. The first-order valence-corrected chi connectivity index (χ1v) is 5.39. The Bertz CT molecular complexity index is 343. The Kier molecular flexibility index (Phi) is 2.50. The normalized spacial score (nSPS) is 24.0. The minimum atomic E-state index is -0.0243. The Hall–Kier alpha value is -1.32. The fraction of sp³-hybridized carbons (Fsp3) is 0.636. The van der Waals surface area contributed by atoms with E-state index < -0.39 is 0 Å². The summed E-state index contributed by atoms with van der Waals surface area (Å²) < 4.78 is 0. The van der Waals surface area contributed by atoms with Crippen LogP contribution in [0, 0.1) is 5.41 Å². The van der Waals surface area contributed by atoms with Crippen molar-refractivity contribution >= 4 is 5.91 Å². The van der Waals surface area contributed by atoms with Gasteiger partial charge in [0.1, 0.15) is 0 Å². The van der Waals surface area contributed by atoms with Gasteiger partial charge in [-0.2, -0.15) is 5.10 Å². The zero-order valence-electron chi connectivity index (χ0n) is 9.21. The molecule has 1 fully saturated rings. The summed E-state index contributed by atoms with van der Waals surface area (Å²) in [5.74, 6) is -0.0243. The molecule has 1 atom stereocenters. The standard InChI is InChI=1S/C11H17N3O/c1-11(2)5-3-4-9(11)14-10(15)8-6-12-13-7-8/h6-7,9H,3-5H2,1-2H3,(H,12,13)(H,14,15). The topological polar surface area (TPSA) is 57.8 Å². The number of aromatic amines is 1. The van der Waals surface area contributed by atoms with Crippen LogP contribution in [0.15, 0.2) is 12.4 Å². The average molecular weight is 207 g/mol. The van der Waals surface area contributed by atoms with E-state index in [1.807, 2.05) is 0 Å². The largest absolute Gasteiger partial charge is 0.349 e. The molecule has 82 valence electrons. The van der Waals surface area contributed by atoms with E-state index in [1.165, 1.54) is 12.8 Å². The van der Waals surface area contributed by atoms with Gasteiger partial charge >= 0.3 is 0 Å². The van der Waals surface area contributed by atoms with E-state index in [-0.39, 0.29) is 11.3 Å². The van der Waals surface area contributed by atoms with Crippen molar-refractivity contribution in [2.24, 2.45) is 5.41 Å². The Morgan fingerprint density at radius 1 is 1.67 bits per heavy atom. The second-order valence-corrected chi connectivity index (χ2v) is 4.89. The monoisotopic (exact) mass is 207 g/mol. The summed E-state index contributed by atoms with van der Waals surface area (Å²) in [5.41, 5.74) is 0.831. The molecule has 1 saturated carbocycles. The SMILES string of the molecule is CC1(C)CCCC1NC(=O)c1cn[nH]c1.